The summed E-state index contributed by atoms with van der Waals surface area (Å²) in [5.74, 6) is -2.01. The molecule has 1 aliphatic heterocycles. The van der Waals surface area contributed by atoms with Gasteiger partial charge in [-0.2, -0.15) is 0 Å². The fraction of sp³-hybridized carbons (Fsp3) is 0.182. The maximum atomic E-state index is 12.5. The van der Waals surface area contributed by atoms with Crippen molar-refractivity contribution in [2.75, 3.05) is 0 Å². The predicted molar refractivity (Wildman–Crippen MR) is 110 cm³/mol. The van der Waals surface area contributed by atoms with Gasteiger partial charge in [0.25, 0.3) is 0 Å². The van der Waals surface area contributed by atoms with Gasteiger partial charge in [-0.15, -0.1) is 10.2 Å². The molecule has 4 rings (SSSR count). The summed E-state index contributed by atoms with van der Waals surface area (Å²) < 4.78 is 0. The molecular formula is C22H20N4O3. The van der Waals surface area contributed by atoms with Gasteiger partial charge in [0.15, 0.2) is 5.69 Å². The predicted octanol–water partition coefficient (Wildman–Crippen LogP) is 4.02. The largest absolute Gasteiger partial charge is 0.493 e. The zero-order valence-electron chi connectivity index (χ0n) is 16.1. The molecule has 0 saturated carbocycles. The average Bonchev–Trinajstić information content (AvgIpc) is 3.00. The molecule has 1 aromatic heterocycles. The van der Waals surface area contributed by atoms with Gasteiger partial charge in [0.1, 0.15) is 0 Å². The molecule has 146 valence electrons. The molecule has 0 saturated heterocycles. The number of carbonyl (C=O) groups excluding carboxylic acids is 2. The number of benzene rings is 2. The number of H-pyrrole nitrogens is 1. The van der Waals surface area contributed by atoms with Crippen molar-refractivity contribution in [3.8, 4) is 5.88 Å². The summed E-state index contributed by atoms with van der Waals surface area (Å²) >= 11 is 0. The number of para-hydroxylation sites is 1. The lowest BCUT2D eigenvalue weighted by molar-refractivity contribution is -0.133. The fourth-order valence-electron chi connectivity index (χ4n) is 3.55. The number of fused-ring (bicyclic) bond motifs is 2. The van der Waals surface area contributed by atoms with Crippen LogP contribution in [0.5, 0.6) is 5.88 Å². The topological polar surface area (TPSA) is 107 Å². The number of amides is 1. The third-order valence-corrected chi connectivity index (χ3v) is 4.80. The van der Waals surface area contributed by atoms with Gasteiger partial charge in [0.2, 0.25) is 11.7 Å². The molecule has 29 heavy (non-hydrogen) atoms. The van der Waals surface area contributed by atoms with Gasteiger partial charge < -0.3 is 15.4 Å². The summed E-state index contributed by atoms with van der Waals surface area (Å²) in [5.41, 5.74) is 3.11. The van der Waals surface area contributed by atoms with Crippen molar-refractivity contribution in [1.29, 1.82) is 0 Å². The third-order valence-electron chi connectivity index (χ3n) is 4.80. The standard InChI is InChI=1S/C22H20N4O3/c1-22(2)12-13-7-3-4-8-14(13)17(24-22)11-18(27)20(28)26-25-19-15-9-5-6-10-16(15)23-21(19)29/h3-11,23-24,29H,12H2,1-2H3/b17-11-,26-25?. The van der Waals surface area contributed by atoms with Gasteiger partial charge in [-0.05, 0) is 31.9 Å². The maximum Gasteiger partial charge on any atom is 0.335 e. The highest BCUT2D eigenvalue weighted by Gasteiger charge is 2.28. The van der Waals surface area contributed by atoms with Gasteiger partial charge >= 0.3 is 5.91 Å². The molecule has 0 fully saturated rings. The summed E-state index contributed by atoms with van der Waals surface area (Å²) in [7, 11) is 0. The highest BCUT2D eigenvalue weighted by Crippen LogP contribution is 2.35. The first-order valence-electron chi connectivity index (χ1n) is 9.22. The number of aromatic hydroxyl groups is 1. The summed E-state index contributed by atoms with van der Waals surface area (Å²) in [6.07, 6.45) is 2.07. The van der Waals surface area contributed by atoms with Gasteiger partial charge in [0.05, 0.1) is 5.52 Å². The van der Waals surface area contributed by atoms with Crippen molar-refractivity contribution >= 4 is 34.0 Å². The van der Waals surface area contributed by atoms with E-state index in [-0.39, 0.29) is 17.1 Å². The van der Waals surface area contributed by atoms with E-state index in [4.69, 9.17) is 0 Å². The van der Waals surface area contributed by atoms with Crippen LogP contribution < -0.4 is 5.32 Å². The minimum absolute atomic E-state index is 0.122. The highest BCUT2D eigenvalue weighted by molar-refractivity contribution is 6.42. The maximum absolute atomic E-state index is 12.5. The number of carbonyl (C=O) groups is 2. The van der Waals surface area contributed by atoms with Gasteiger partial charge in [0, 0.05) is 28.3 Å². The molecule has 2 aromatic carbocycles. The molecule has 1 amide bonds. The number of aromatic amines is 1. The molecule has 0 atom stereocenters. The van der Waals surface area contributed by atoms with Crippen LogP contribution in [0.4, 0.5) is 5.69 Å². The van der Waals surface area contributed by atoms with Crippen molar-refractivity contribution in [1.82, 2.24) is 10.3 Å². The number of nitrogens with zero attached hydrogens (tertiary/aromatic N) is 2. The second-order valence-electron chi connectivity index (χ2n) is 7.64. The molecule has 1 aliphatic rings. The highest BCUT2D eigenvalue weighted by atomic mass is 16.3. The smallest absolute Gasteiger partial charge is 0.335 e. The molecular weight excluding hydrogens is 368 g/mol. The normalized spacial score (nSPS) is 16.7. The Bertz CT molecular complexity index is 1190. The van der Waals surface area contributed by atoms with Gasteiger partial charge in [-0.25, -0.2) is 0 Å². The minimum atomic E-state index is -1.01. The zero-order valence-corrected chi connectivity index (χ0v) is 16.1. The first-order chi connectivity index (χ1) is 13.8. The number of rotatable bonds is 3. The van der Waals surface area contributed by atoms with Crippen molar-refractivity contribution < 1.29 is 14.7 Å². The van der Waals surface area contributed by atoms with Crippen molar-refractivity contribution in [3.05, 3.63) is 65.7 Å². The van der Waals surface area contributed by atoms with Crippen molar-refractivity contribution in [2.45, 2.75) is 25.8 Å². The quantitative estimate of drug-likeness (QED) is 0.358. The third kappa shape index (κ3) is 3.67. The summed E-state index contributed by atoms with van der Waals surface area (Å²) in [4.78, 5) is 27.5. The Morgan fingerprint density at radius 1 is 1.10 bits per heavy atom. The first-order valence-corrected chi connectivity index (χ1v) is 9.22. The van der Waals surface area contributed by atoms with Crippen LogP contribution in [-0.4, -0.2) is 27.3 Å². The van der Waals surface area contributed by atoms with Crippen molar-refractivity contribution in [2.24, 2.45) is 10.2 Å². The zero-order chi connectivity index (χ0) is 20.6. The van der Waals surface area contributed by atoms with Crippen LogP contribution in [0.25, 0.3) is 16.6 Å². The number of hydrogen-bond donors (Lipinski definition) is 3. The summed E-state index contributed by atoms with van der Waals surface area (Å²) in [5, 5.41) is 21.2. The van der Waals surface area contributed by atoms with E-state index in [1.807, 2.05) is 38.1 Å². The molecule has 3 N–H and O–H groups in total. The van der Waals surface area contributed by atoms with Crippen LogP contribution in [-0.2, 0) is 16.0 Å². The summed E-state index contributed by atoms with van der Waals surface area (Å²) in [6.45, 7) is 4.06. The minimum Gasteiger partial charge on any atom is -0.493 e. The van der Waals surface area contributed by atoms with E-state index < -0.39 is 11.7 Å². The number of hydrogen-bond acceptors (Lipinski definition) is 5. The van der Waals surface area contributed by atoms with E-state index in [0.717, 1.165) is 17.5 Å². The van der Waals surface area contributed by atoms with Gasteiger partial charge in [-0.3, -0.25) is 9.59 Å². The second kappa shape index (κ2) is 7.01. The van der Waals surface area contributed by atoms with E-state index >= 15 is 0 Å². The number of nitrogens with one attached hydrogen (secondary N) is 2. The summed E-state index contributed by atoms with van der Waals surface area (Å²) in [6, 6.07) is 14.8. The average molecular weight is 388 g/mol. The van der Waals surface area contributed by atoms with Gasteiger partial charge in [-0.1, -0.05) is 42.5 Å². The Balaban J connectivity index is 1.61. The monoisotopic (exact) mass is 388 g/mol. The SMILES string of the molecule is CC1(C)Cc2ccccc2/C(=C/C(=O)C(=O)N=Nc2c(O)[nH]c3ccccc23)N1. The molecule has 7 nitrogen and oxygen atoms in total. The Morgan fingerprint density at radius 2 is 1.83 bits per heavy atom. The van der Waals surface area contributed by atoms with Crippen LogP contribution in [0, 0.1) is 0 Å². The molecule has 0 aliphatic carbocycles. The van der Waals surface area contributed by atoms with Crippen molar-refractivity contribution in [3.63, 3.8) is 0 Å². The Labute approximate surface area is 167 Å². The number of ketones is 1. The molecule has 0 bridgehead atoms. The number of azo groups is 1. The Kier molecular flexibility index (Phi) is 4.50. The molecule has 0 radical (unpaired) electrons. The Morgan fingerprint density at radius 3 is 2.66 bits per heavy atom. The molecule has 2 heterocycles. The van der Waals surface area contributed by atoms with Crippen LogP contribution >= 0.6 is 0 Å². The molecule has 3 aromatic rings. The number of aromatic nitrogens is 1. The van der Waals surface area contributed by atoms with E-state index in [0.29, 0.717) is 16.6 Å². The molecule has 7 heteroatoms. The molecule has 0 spiro atoms. The van der Waals surface area contributed by atoms with E-state index in [1.54, 1.807) is 24.3 Å². The van der Waals surface area contributed by atoms with E-state index in [1.165, 1.54) is 6.08 Å². The first kappa shape index (κ1) is 18.6. The lowest BCUT2D eigenvalue weighted by Gasteiger charge is -2.35. The van der Waals surface area contributed by atoms with Crippen LogP contribution in [0.15, 0.2) is 64.8 Å². The fourth-order valence-corrected chi connectivity index (χ4v) is 3.55. The Hall–Kier alpha value is -3.74. The lowest BCUT2D eigenvalue weighted by Crippen LogP contribution is -2.43. The van der Waals surface area contributed by atoms with Crippen LogP contribution in [0.3, 0.4) is 0 Å². The lowest BCUT2D eigenvalue weighted by atomic mass is 9.85. The second-order valence-corrected chi connectivity index (χ2v) is 7.64. The van der Waals surface area contributed by atoms with Crippen LogP contribution in [0.1, 0.15) is 25.0 Å². The van der Waals surface area contributed by atoms with E-state index in [9.17, 15) is 14.7 Å². The van der Waals surface area contributed by atoms with Crippen LogP contribution in [0.2, 0.25) is 0 Å². The van der Waals surface area contributed by atoms with E-state index in [2.05, 4.69) is 20.5 Å². The molecule has 0 unspecified atom stereocenters.